The number of carbonyl (C=O) groups excluding carboxylic acids is 1. The Kier molecular flexibility index (Phi) is 4.24. The standard InChI is InChI=1S/C12H19N3O3S/c1-9-10(7-14-15-9)3-2-5-13-12(16)11-4-6-19(17,18)8-11/h7,11H,2-6,8H2,1H3,(H,13,16)(H,14,15). The molecule has 1 aromatic heterocycles. The van der Waals surface area contributed by atoms with E-state index in [0.717, 1.165) is 24.1 Å². The Labute approximate surface area is 112 Å². The van der Waals surface area contributed by atoms with Gasteiger partial charge in [-0.15, -0.1) is 0 Å². The van der Waals surface area contributed by atoms with Crippen molar-refractivity contribution in [1.29, 1.82) is 0 Å². The number of nitrogens with one attached hydrogen (secondary N) is 2. The van der Waals surface area contributed by atoms with Crippen molar-refractivity contribution in [1.82, 2.24) is 15.5 Å². The second kappa shape index (κ2) is 5.73. The minimum atomic E-state index is -2.99. The van der Waals surface area contributed by atoms with Gasteiger partial charge in [0.1, 0.15) is 0 Å². The SMILES string of the molecule is Cc1[nH]ncc1CCCNC(=O)C1CCS(=O)(=O)C1. The van der Waals surface area contributed by atoms with E-state index in [2.05, 4.69) is 15.5 Å². The number of H-pyrrole nitrogens is 1. The first-order valence-electron chi connectivity index (χ1n) is 6.45. The molecule has 0 spiro atoms. The first-order valence-corrected chi connectivity index (χ1v) is 8.27. The van der Waals surface area contributed by atoms with E-state index in [4.69, 9.17) is 0 Å². The molecule has 1 atom stereocenters. The van der Waals surface area contributed by atoms with Crippen molar-refractivity contribution in [2.24, 2.45) is 5.92 Å². The number of aryl methyl sites for hydroxylation is 2. The summed E-state index contributed by atoms with van der Waals surface area (Å²) in [6, 6.07) is 0. The maximum absolute atomic E-state index is 11.8. The Hall–Kier alpha value is -1.37. The van der Waals surface area contributed by atoms with Gasteiger partial charge in [-0.05, 0) is 31.7 Å². The van der Waals surface area contributed by atoms with E-state index in [9.17, 15) is 13.2 Å². The number of aromatic amines is 1. The van der Waals surface area contributed by atoms with Crippen LogP contribution in [0.1, 0.15) is 24.1 Å². The lowest BCUT2D eigenvalue weighted by Crippen LogP contribution is -2.32. The van der Waals surface area contributed by atoms with Crippen LogP contribution in [-0.2, 0) is 21.1 Å². The summed E-state index contributed by atoms with van der Waals surface area (Å²) in [5.41, 5.74) is 2.20. The second-order valence-electron chi connectivity index (χ2n) is 5.01. The summed E-state index contributed by atoms with van der Waals surface area (Å²) in [7, 11) is -2.99. The maximum Gasteiger partial charge on any atom is 0.224 e. The molecule has 0 aliphatic carbocycles. The van der Waals surface area contributed by atoms with E-state index < -0.39 is 9.84 Å². The molecule has 1 saturated heterocycles. The van der Waals surface area contributed by atoms with Crippen molar-refractivity contribution in [3.63, 3.8) is 0 Å². The highest BCUT2D eigenvalue weighted by molar-refractivity contribution is 7.91. The highest BCUT2D eigenvalue weighted by Gasteiger charge is 2.32. The van der Waals surface area contributed by atoms with E-state index in [-0.39, 0.29) is 23.3 Å². The van der Waals surface area contributed by atoms with Gasteiger partial charge in [-0.2, -0.15) is 5.10 Å². The fraction of sp³-hybridized carbons (Fsp3) is 0.667. The molecule has 106 valence electrons. The van der Waals surface area contributed by atoms with Gasteiger partial charge in [-0.3, -0.25) is 9.89 Å². The average molecular weight is 285 g/mol. The van der Waals surface area contributed by atoms with E-state index in [1.807, 2.05) is 6.92 Å². The normalized spacial score (nSPS) is 21.4. The summed E-state index contributed by atoms with van der Waals surface area (Å²) >= 11 is 0. The Balaban J connectivity index is 1.69. The summed E-state index contributed by atoms with van der Waals surface area (Å²) in [5.74, 6) is -0.357. The minimum absolute atomic E-state index is 0.000325. The summed E-state index contributed by atoms with van der Waals surface area (Å²) in [6.07, 6.45) is 3.92. The van der Waals surface area contributed by atoms with E-state index in [1.165, 1.54) is 0 Å². The largest absolute Gasteiger partial charge is 0.356 e. The van der Waals surface area contributed by atoms with Crippen molar-refractivity contribution >= 4 is 15.7 Å². The van der Waals surface area contributed by atoms with Crippen LogP contribution in [0.5, 0.6) is 0 Å². The summed E-state index contributed by atoms with van der Waals surface area (Å²) in [6.45, 7) is 2.53. The molecule has 1 aliphatic rings. The van der Waals surface area contributed by atoms with Gasteiger partial charge >= 0.3 is 0 Å². The van der Waals surface area contributed by atoms with E-state index in [0.29, 0.717) is 13.0 Å². The van der Waals surface area contributed by atoms with Gasteiger partial charge in [0, 0.05) is 12.2 Å². The van der Waals surface area contributed by atoms with Gasteiger partial charge in [0.05, 0.1) is 23.6 Å². The van der Waals surface area contributed by atoms with E-state index in [1.54, 1.807) is 6.20 Å². The molecule has 1 fully saturated rings. The second-order valence-corrected chi connectivity index (χ2v) is 7.24. The van der Waals surface area contributed by atoms with Crippen LogP contribution in [0.3, 0.4) is 0 Å². The zero-order chi connectivity index (χ0) is 13.9. The number of sulfone groups is 1. The molecule has 0 radical (unpaired) electrons. The third-order valence-corrected chi connectivity index (χ3v) is 5.23. The lowest BCUT2D eigenvalue weighted by molar-refractivity contribution is -0.124. The number of amides is 1. The predicted octanol–water partition coefficient (Wildman–Crippen LogP) is 0.202. The van der Waals surface area contributed by atoms with Gasteiger partial charge in [0.25, 0.3) is 0 Å². The Morgan fingerprint density at radius 1 is 1.58 bits per heavy atom. The van der Waals surface area contributed by atoms with Crippen LogP contribution >= 0.6 is 0 Å². The molecule has 7 heteroatoms. The van der Waals surface area contributed by atoms with E-state index >= 15 is 0 Å². The highest BCUT2D eigenvalue weighted by Crippen LogP contribution is 2.18. The molecule has 2 N–H and O–H groups in total. The van der Waals surface area contributed by atoms with Crippen molar-refractivity contribution in [2.75, 3.05) is 18.1 Å². The molecule has 1 unspecified atom stereocenters. The van der Waals surface area contributed by atoms with Gasteiger partial charge in [0.15, 0.2) is 9.84 Å². The summed E-state index contributed by atoms with van der Waals surface area (Å²) in [5, 5.41) is 9.61. The third kappa shape index (κ3) is 3.79. The fourth-order valence-corrected chi connectivity index (χ4v) is 4.01. The topological polar surface area (TPSA) is 91.9 Å². The zero-order valence-electron chi connectivity index (χ0n) is 11.0. The van der Waals surface area contributed by atoms with Crippen LogP contribution < -0.4 is 5.32 Å². The molecule has 2 heterocycles. The fourth-order valence-electron chi connectivity index (χ4n) is 2.26. The van der Waals surface area contributed by atoms with Crippen LogP contribution in [0.2, 0.25) is 0 Å². The van der Waals surface area contributed by atoms with Crippen molar-refractivity contribution in [3.8, 4) is 0 Å². The van der Waals surface area contributed by atoms with Crippen molar-refractivity contribution < 1.29 is 13.2 Å². The molecule has 1 aromatic rings. The molecule has 1 aliphatic heterocycles. The first-order chi connectivity index (χ1) is 8.98. The summed E-state index contributed by atoms with van der Waals surface area (Å²) in [4.78, 5) is 11.8. The molecular weight excluding hydrogens is 266 g/mol. The lowest BCUT2D eigenvalue weighted by atomic mass is 10.1. The summed E-state index contributed by atoms with van der Waals surface area (Å²) < 4.78 is 22.6. The molecule has 0 bridgehead atoms. The van der Waals surface area contributed by atoms with Crippen LogP contribution in [0.15, 0.2) is 6.20 Å². The number of nitrogens with zero attached hydrogens (tertiary/aromatic N) is 1. The average Bonchev–Trinajstić information content (AvgIpc) is 2.91. The smallest absolute Gasteiger partial charge is 0.224 e. The van der Waals surface area contributed by atoms with Gasteiger partial charge < -0.3 is 5.32 Å². The maximum atomic E-state index is 11.8. The molecule has 0 saturated carbocycles. The Bertz CT molecular complexity index is 550. The highest BCUT2D eigenvalue weighted by atomic mass is 32.2. The van der Waals surface area contributed by atoms with Crippen molar-refractivity contribution in [3.05, 3.63) is 17.5 Å². The quantitative estimate of drug-likeness (QED) is 0.756. The van der Waals surface area contributed by atoms with Gasteiger partial charge in [0.2, 0.25) is 5.91 Å². The van der Waals surface area contributed by atoms with Crippen LogP contribution in [0.4, 0.5) is 0 Å². The molecule has 1 amide bonds. The van der Waals surface area contributed by atoms with Crippen molar-refractivity contribution in [2.45, 2.75) is 26.2 Å². The number of aromatic nitrogens is 2. The van der Waals surface area contributed by atoms with Crippen LogP contribution in [-0.4, -0.2) is 42.6 Å². The molecular formula is C12H19N3O3S. The predicted molar refractivity (Wildman–Crippen MR) is 71.4 cm³/mol. The molecule has 6 nitrogen and oxygen atoms in total. The molecule has 19 heavy (non-hydrogen) atoms. The number of hydrogen-bond donors (Lipinski definition) is 2. The Morgan fingerprint density at radius 3 is 2.95 bits per heavy atom. The van der Waals surface area contributed by atoms with Gasteiger partial charge in [-0.1, -0.05) is 0 Å². The number of rotatable bonds is 5. The molecule has 2 rings (SSSR count). The van der Waals surface area contributed by atoms with Crippen LogP contribution in [0, 0.1) is 12.8 Å². The third-order valence-electron chi connectivity index (χ3n) is 3.46. The Morgan fingerprint density at radius 2 is 2.37 bits per heavy atom. The minimum Gasteiger partial charge on any atom is -0.356 e. The zero-order valence-corrected chi connectivity index (χ0v) is 11.8. The van der Waals surface area contributed by atoms with Gasteiger partial charge in [-0.25, -0.2) is 8.42 Å². The first kappa shape index (κ1) is 14.0. The monoisotopic (exact) mass is 285 g/mol. The van der Waals surface area contributed by atoms with Crippen LogP contribution in [0.25, 0.3) is 0 Å². The molecule has 0 aromatic carbocycles. The number of hydrogen-bond acceptors (Lipinski definition) is 4. The number of carbonyl (C=O) groups is 1. The lowest BCUT2D eigenvalue weighted by Gasteiger charge is -2.09.